The van der Waals surface area contributed by atoms with Gasteiger partial charge in [-0.05, 0) is 44.6 Å². The van der Waals surface area contributed by atoms with E-state index in [1.807, 2.05) is 0 Å². The monoisotopic (exact) mass is 872 g/mol. The van der Waals surface area contributed by atoms with E-state index in [9.17, 15) is 34.6 Å². The fraction of sp³-hybridized carbons (Fsp3) is 0.676. The first-order valence-electron chi connectivity index (χ1n) is 19.8. The zero-order chi connectivity index (χ0) is 44.3. The van der Waals surface area contributed by atoms with Gasteiger partial charge in [-0.3, -0.25) is 29.7 Å². The van der Waals surface area contributed by atoms with E-state index in [1.54, 1.807) is 10.9 Å². The quantitative estimate of drug-likeness (QED) is 0.0424. The third-order valence-corrected chi connectivity index (χ3v) is 8.12. The Bertz CT molecular complexity index is 1550. The number of carboxylic acids is 2. The first-order chi connectivity index (χ1) is 29.6. The summed E-state index contributed by atoms with van der Waals surface area (Å²) in [6, 6.07) is 1.64. The Labute approximate surface area is 352 Å². The molecule has 2 aromatic rings. The molecular weight excluding hydrogens is 814 g/mol. The molecule has 1 aromatic heterocycles. The van der Waals surface area contributed by atoms with Crippen LogP contribution in [-0.4, -0.2) is 158 Å². The molecular formula is C37H58N7O17. The number of nitro benzene ring substituents is 2. The van der Waals surface area contributed by atoms with Crippen molar-refractivity contribution in [3.05, 3.63) is 62.4 Å². The molecule has 0 spiro atoms. The van der Waals surface area contributed by atoms with Gasteiger partial charge in [0.15, 0.2) is 0 Å². The lowest BCUT2D eigenvalue weighted by molar-refractivity contribution is -0.394. The minimum Gasteiger partial charge on any atom is -0.481 e. The van der Waals surface area contributed by atoms with Gasteiger partial charge in [-0.1, -0.05) is 5.21 Å². The smallest absolute Gasteiger partial charge is 0.326 e. The number of carbonyl (C=O) groups is 3. The maximum Gasteiger partial charge on any atom is 0.326 e. The zero-order valence-electron chi connectivity index (χ0n) is 34.2. The molecule has 1 heterocycles. The van der Waals surface area contributed by atoms with Crippen molar-refractivity contribution >= 4 is 29.3 Å². The third kappa shape index (κ3) is 26.8. The summed E-state index contributed by atoms with van der Waals surface area (Å²) in [6.45, 7) is 8.47. The normalized spacial score (nSPS) is 11.7. The second kappa shape index (κ2) is 33.7. The van der Waals surface area contributed by atoms with Crippen molar-refractivity contribution in [2.45, 2.75) is 64.1 Å². The summed E-state index contributed by atoms with van der Waals surface area (Å²) in [6.07, 6.45) is 4.13. The molecule has 4 N–H and O–H groups in total. The number of hydrogen-bond acceptors (Lipinski definition) is 17. The van der Waals surface area contributed by atoms with Crippen LogP contribution in [-0.2, 0) is 67.1 Å². The van der Waals surface area contributed by atoms with Crippen molar-refractivity contribution in [3.8, 4) is 0 Å². The number of carbonyl (C=O) groups excluding carboxylic acids is 1. The number of rotatable bonds is 40. The summed E-state index contributed by atoms with van der Waals surface area (Å²) in [5.74, 6) is -2.44. The number of non-ortho nitro benzene ring substituents is 1. The van der Waals surface area contributed by atoms with Crippen LogP contribution in [0.3, 0.4) is 0 Å². The van der Waals surface area contributed by atoms with E-state index in [0.29, 0.717) is 136 Å². The van der Waals surface area contributed by atoms with Crippen LogP contribution in [0.25, 0.3) is 0 Å². The number of carboxylic acid groups (broad SMARTS) is 2. The number of aryl methyl sites for hydroxylation is 2. The van der Waals surface area contributed by atoms with E-state index in [0.717, 1.165) is 18.9 Å². The molecule has 0 saturated heterocycles. The minimum absolute atomic E-state index is 0.213. The summed E-state index contributed by atoms with van der Waals surface area (Å²) >= 11 is 0. The fourth-order valence-electron chi connectivity index (χ4n) is 5.05. The molecule has 24 nitrogen and oxygen atoms in total. The first-order valence-corrected chi connectivity index (χ1v) is 19.8. The Morgan fingerprint density at radius 1 is 0.738 bits per heavy atom. The van der Waals surface area contributed by atoms with Gasteiger partial charge in [-0.15, -0.1) is 5.10 Å². The van der Waals surface area contributed by atoms with E-state index in [4.69, 9.17) is 48.1 Å². The topological polar surface area (TPSA) is 307 Å². The van der Waals surface area contributed by atoms with E-state index in [-0.39, 0.29) is 30.8 Å². The number of aromatic nitrogens is 3. The summed E-state index contributed by atoms with van der Waals surface area (Å²) in [7, 11) is 0. The highest BCUT2D eigenvalue weighted by Crippen LogP contribution is 2.25. The van der Waals surface area contributed by atoms with Gasteiger partial charge in [0.25, 0.3) is 11.4 Å². The molecule has 0 unspecified atom stereocenters. The van der Waals surface area contributed by atoms with Crippen molar-refractivity contribution in [2.75, 3.05) is 99.1 Å². The molecule has 2 amide bonds. The maximum atomic E-state index is 11.9. The number of benzene rings is 1. The van der Waals surface area contributed by atoms with Gasteiger partial charge in [0.05, 0.1) is 128 Å². The van der Waals surface area contributed by atoms with Crippen LogP contribution < -0.4 is 10.6 Å². The summed E-state index contributed by atoms with van der Waals surface area (Å²) in [5.41, 5.74) is 0.516. The van der Waals surface area contributed by atoms with Gasteiger partial charge in [0.2, 0.25) is 0 Å². The zero-order valence-corrected chi connectivity index (χ0v) is 34.2. The van der Waals surface area contributed by atoms with Crippen molar-refractivity contribution in [1.82, 2.24) is 25.6 Å². The maximum absolute atomic E-state index is 11.9. The molecule has 2 rings (SSSR count). The van der Waals surface area contributed by atoms with Crippen LogP contribution in [0.2, 0.25) is 0 Å². The molecule has 1 aromatic carbocycles. The number of urea groups is 1. The molecule has 0 fully saturated rings. The van der Waals surface area contributed by atoms with Gasteiger partial charge in [0, 0.05) is 31.2 Å². The highest BCUT2D eigenvalue weighted by atomic mass is 16.6. The largest absolute Gasteiger partial charge is 0.481 e. The number of nitro groups is 2. The average molecular weight is 873 g/mol. The van der Waals surface area contributed by atoms with Crippen molar-refractivity contribution in [2.24, 2.45) is 0 Å². The Balaban J connectivity index is 1.27. The van der Waals surface area contributed by atoms with Gasteiger partial charge >= 0.3 is 18.0 Å². The van der Waals surface area contributed by atoms with Crippen molar-refractivity contribution in [1.29, 1.82) is 0 Å². The number of nitrogens with zero attached hydrogens (tertiary/aromatic N) is 5. The van der Waals surface area contributed by atoms with Gasteiger partial charge in [0.1, 0.15) is 11.7 Å². The summed E-state index contributed by atoms with van der Waals surface area (Å²) in [5, 5.41) is 52.7. The van der Waals surface area contributed by atoms with Crippen LogP contribution in [0.5, 0.6) is 0 Å². The lowest BCUT2D eigenvalue weighted by Gasteiger charge is -2.14. The van der Waals surface area contributed by atoms with Crippen LogP contribution in [0.4, 0.5) is 16.2 Å². The summed E-state index contributed by atoms with van der Waals surface area (Å²) in [4.78, 5) is 54.4. The molecule has 0 saturated carbocycles. The number of hydrogen-bond donors (Lipinski definition) is 4. The van der Waals surface area contributed by atoms with Crippen molar-refractivity contribution < 1.29 is 72.3 Å². The Morgan fingerprint density at radius 2 is 1.28 bits per heavy atom. The van der Waals surface area contributed by atoms with Crippen LogP contribution >= 0.6 is 0 Å². The molecule has 0 aliphatic rings. The molecule has 1 radical (unpaired) electrons. The molecule has 24 heteroatoms. The Hall–Kier alpha value is -4.95. The van der Waals surface area contributed by atoms with Gasteiger partial charge in [-0.2, -0.15) is 0 Å². The second-order valence-electron chi connectivity index (χ2n) is 12.9. The van der Waals surface area contributed by atoms with Crippen LogP contribution in [0.15, 0.2) is 24.4 Å². The number of ether oxygens (including phenoxy) is 8. The number of amides is 2. The number of aliphatic carboxylic acids is 2. The predicted octanol–water partition coefficient (Wildman–Crippen LogP) is 2.31. The molecule has 1 atom stereocenters. The average Bonchev–Trinajstić information content (AvgIpc) is 3.69. The van der Waals surface area contributed by atoms with Gasteiger partial charge < -0.3 is 58.7 Å². The van der Waals surface area contributed by atoms with Gasteiger partial charge in [-0.25, -0.2) is 9.59 Å². The van der Waals surface area contributed by atoms with E-state index in [2.05, 4.69) is 20.9 Å². The second-order valence-corrected chi connectivity index (χ2v) is 12.9. The minimum atomic E-state index is -1.30. The lowest BCUT2D eigenvalue weighted by Crippen LogP contribution is -2.45. The summed E-state index contributed by atoms with van der Waals surface area (Å²) < 4.78 is 45.6. The molecule has 0 bridgehead atoms. The van der Waals surface area contributed by atoms with E-state index >= 15 is 0 Å². The predicted molar refractivity (Wildman–Crippen MR) is 212 cm³/mol. The molecule has 0 aliphatic carbocycles. The Morgan fingerprint density at radius 3 is 1.79 bits per heavy atom. The molecule has 61 heavy (non-hydrogen) atoms. The SMILES string of the molecule is O=C(O)CC[C@H](NC(=O)N[CH]CCCCn1cc(COCCOCCOCCOCCOCCOCCOCCOCCCc2ccc([N+](=O)[O-])cc2[N+](=O)[O-])nn1)C(=O)O. The van der Waals surface area contributed by atoms with Crippen LogP contribution in [0.1, 0.15) is 49.8 Å². The molecule has 0 aliphatic heterocycles. The van der Waals surface area contributed by atoms with E-state index < -0.39 is 33.9 Å². The highest BCUT2D eigenvalue weighted by molar-refractivity contribution is 5.83. The fourth-order valence-corrected chi connectivity index (χ4v) is 5.05. The lowest BCUT2D eigenvalue weighted by atomic mass is 10.1. The van der Waals surface area contributed by atoms with E-state index in [1.165, 1.54) is 18.7 Å². The third-order valence-electron chi connectivity index (χ3n) is 8.12. The number of unbranched alkanes of at least 4 members (excludes halogenated alkanes) is 2. The van der Waals surface area contributed by atoms with Crippen molar-refractivity contribution in [3.63, 3.8) is 0 Å². The molecule has 343 valence electrons. The Kier molecular flexibility index (Phi) is 28.9. The standard InChI is InChI=1S/C37H58N7O17/c45-35(46)9-8-33(36(47)48)39-37(49)38-10-2-1-3-11-42-28-31(40-41-42)29-61-26-25-60-24-23-59-22-21-58-20-19-57-18-17-56-16-15-55-14-13-54-12-4-5-30-6-7-32(43(50)51)27-34(30)44(52)53/h6-7,10,27-28,33H,1-5,8-9,11-26,29H2,(H,45,46)(H,47,48)(H2,38,39,49)/t33-/m0/s1. The van der Waals surface area contributed by atoms with Crippen LogP contribution in [0, 0.1) is 26.8 Å². The first kappa shape index (κ1) is 52.2. The number of nitrogens with one attached hydrogen (secondary N) is 2. The highest BCUT2D eigenvalue weighted by Gasteiger charge is 2.21.